The average Bonchev–Trinajstić information content (AvgIpc) is 1.56. The van der Waals surface area contributed by atoms with E-state index in [0.29, 0.717) is 0 Å². The summed E-state index contributed by atoms with van der Waals surface area (Å²) in [6, 6.07) is 0. The third-order valence-corrected chi connectivity index (χ3v) is 2.37. The van der Waals surface area contributed by atoms with Crippen LogP contribution in [0.5, 0.6) is 0 Å². The van der Waals surface area contributed by atoms with Crippen molar-refractivity contribution in [2.75, 3.05) is 0 Å². The Kier molecular flexibility index (Phi) is 2.32. The molecule has 0 unspecified atom stereocenters. The van der Waals surface area contributed by atoms with E-state index in [2.05, 4.69) is 0 Å². The van der Waals surface area contributed by atoms with Crippen molar-refractivity contribution in [3.05, 3.63) is 0 Å². The van der Waals surface area contributed by atoms with Crippen LogP contribution >= 0.6 is 0 Å². The molecule has 0 spiro atoms. The van der Waals surface area contributed by atoms with Gasteiger partial charge in [-0.1, -0.05) is 19.3 Å². The number of hydrogen-bond acceptors (Lipinski definition) is 0. The molecule has 10 heavy (non-hydrogen) atoms. The van der Waals surface area contributed by atoms with E-state index >= 15 is 0 Å². The normalized spacial score (nSPS) is 20.7. The van der Waals surface area contributed by atoms with E-state index in [1.54, 1.807) is 13.8 Å². The molecule has 0 bridgehead atoms. The molecule has 1 rings (SSSR count). The van der Waals surface area contributed by atoms with Crippen molar-refractivity contribution < 1.29 is 4.39 Å². The van der Waals surface area contributed by atoms with Gasteiger partial charge in [0.15, 0.2) is 0 Å². The van der Waals surface area contributed by atoms with Gasteiger partial charge < -0.3 is 0 Å². The van der Waals surface area contributed by atoms with Gasteiger partial charge >= 0.3 is 0 Å². The second-order valence-electron chi connectivity index (χ2n) is 4.05. The molecule has 1 aliphatic rings. The minimum absolute atomic E-state index is 0.748. The van der Waals surface area contributed by atoms with Crippen molar-refractivity contribution in [1.82, 2.24) is 0 Å². The molecule has 0 amide bonds. The number of halogens is 1. The molecule has 0 N–H and O–H groups in total. The predicted octanol–water partition coefficient (Wildman–Crippen LogP) is 3.31. The highest BCUT2D eigenvalue weighted by Gasteiger charge is 2.22. The SMILES string of the molecule is CC(C)(F)CCC1CCC1. The first kappa shape index (κ1) is 8.03. The zero-order chi connectivity index (χ0) is 7.61. The van der Waals surface area contributed by atoms with Crippen molar-refractivity contribution in [2.45, 2.75) is 51.6 Å². The first-order valence-electron chi connectivity index (χ1n) is 4.27. The van der Waals surface area contributed by atoms with E-state index in [1.807, 2.05) is 0 Å². The fourth-order valence-electron chi connectivity index (χ4n) is 1.33. The van der Waals surface area contributed by atoms with Crippen LogP contribution in [-0.4, -0.2) is 5.67 Å². The Morgan fingerprint density at radius 1 is 1.40 bits per heavy atom. The first-order valence-corrected chi connectivity index (χ1v) is 4.27. The molecule has 0 atom stereocenters. The van der Waals surface area contributed by atoms with Gasteiger partial charge in [-0.25, -0.2) is 4.39 Å². The van der Waals surface area contributed by atoms with Gasteiger partial charge in [0.05, 0.1) is 0 Å². The fraction of sp³-hybridized carbons (Fsp3) is 1.00. The van der Waals surface area contributed by atoms with Gasteiger partial charge in [-0.05, 0) is 32.6 Å². The van der Waals surface area contributed by atoms with E-state index in [9.17, 15) is 4.39 Å². The van der Waals surface area contributed by atoms with Crippen molar-refractivity contribution in [1.29, 1.82) is 0 Å². The van der Waals surface area contributed by atoms with Crippen molar-refractivity contribution in [3.8, 4) is 0 Å². The quantitative estimate of drug-likeness (QED) is 0.570. The van der Waals surface area contributed by atoms with Gasteiger partial charge in [0, 0.05) is 0 Å². The maximum atomic E-state index is 12.9. The van der Waals surface area contributed by atoms with E-state index in [1.165, 1.54) is 19.3 Å². The van der Waals surface area contributed by atoms with Crippen LogP contribution in [-0.2, 0) is 0 Å². The molecule has 0 aromatic carbocycles. The zero-order valence-corrected chi connectivity index (χ0v) is 6.99. The summed E-state index contributed by atoms with van der Waals surface area (Å²) in [6.07, 6.45) is 5.91. The topological polar surface area (TPSA) is 0 Å². The Balaban J connectivity index is 2.04. The largest absolute Gasteiger partial charge is 0.245 e. The first-order chi connectivity index (χ1) is 4.58. The van der Waals surface area contributed by atoms with Crippen molar-refractivity contribution in [3.63, 3.8) is 0 Å². The monoisotopic (exact) mass is 144 g/mol. The second-order valence-corrected chi connectivity index (χ2v) is 4.05. The van der Waals surface area contributed by atoms with Gasteiger partial charge in [-0.3, -0.25) is 0 Å². The third kappa shape index (κ3) is 2.68. The summed E-state index contributed by atoms with van der Waals surface area (Å²) in [6.45, 7) is 3.34. The second kappa shape index (κ2) is 2.89. The molecule has 60 valence electrons. The molecule has 0 saturated heterocycles. The van der Waals surface area contributed by atoms with Crippen LogP contribution in [0.1, 0.15) is 46.0 Å². The maximum absolute atomic E-state index is 12.9. The number of hydrogen-bond donors (Lipinski definition) is 0. The summed E-state index contributed by atoms with van der Waals surface area (Å²) < 4.78 is 12.9. The fourth-order valence-corrected chi connectivity index (χ4v) is 1.33. The maximum Gasteiger partial charge on any atom is 0.105 e. The van der Waals surface area contributed by atoms with Crippen LogP contribution in [0.15, 0.2) is 0 Å². The number of rotatable bonds is 3. The van der Waals surface area contributed by atoms with Gasteiger partial charge in [0.2, 0.25) is 0 Å². The minimum Gasteiger partial charge on any atom is -0.245 e. The minimum atomic E-state index is -0.935. The molecule has 1 aliphatic carbocycles. The zero-order valence-electron chi connectivity index (χ0n) is 6.99. The van der Waals surface area contributed by atoms with Crippen LogP contribution in [0.2, 0.25) is 0 Å². The Hall–Kier alpha value is -0.0700. The predicted molar refractivity (Wildman–Crippen MR) is 41.8 cm³/mol. The highest BCUT2D eigenvalue weighted by atomic mass is 19.1. The molecule has 0 aliphatic heterocycles. The van der Waals surface area contributed by atoms with Crippen LogP contribution in [0, 0.1) is 5.92 Å². The highest BCUT2D eigenvalue weighted by molar-refractivity contribution is 4.74. The van der Waals surface area contributed by atoms with Gasteiger partial charge in [0.1, 0.15) is 5.67 Å². The van der Waals surface area contributed by atoms with E-state index in [4.69, 9.17) is 0 Å². The molecule has 0 radical (unpaired) electrons. The van der Waals surface area contributed by atoms with Crippen LogP contribution in [0.4, 0.5) is 4.39 Å². The third-order valence-electron chi connectivity index (χ3n) is 2.37. The summed E-state index contributed by atoms with van der Waals surface area (Å²) in [4.78, 5) is 0. The average molecular weight is 144 g/mol. The van der Waals surface area contributed by atoms with E-state index in [0.717, 1.165) is 18.8 Å². The number of alkyl halides is 1. The van der Waals surface area contributed by atoms with Crippen LogP contribution in [0.3, 0.4) is 0 Å². The molecule has 1 heteroatoms. The van der Waals surface area contributed by atoms with Crippen molar-refractivity contribution in [2.24, 2.45) is 5.92 Å². The summed E-state index contributed by atoms with van der Waals surface area (Å²) in [5.74, 6) is 0.857. The lowest BCUT2D eigenvalue weighted by molar-refractivity contribution is 0.166. The summed E-state index contributed by atoms with van der Waals surface area (Å²) in [5, 5.41) is 0. The molecule has 0 heterocycles. The molecule has 0 aromatic rings. The molecular formula is C9H17F. The Morgan fingerprint density at radius 3 is 2.30 bits per heavy atom. The summed E-state index contributed by atoms with van der Waals surface area (Å²) in [7, 11) is 0. The van der Waals surface area contributed by atoms with E-state index in [-0.39, 0.29) is 0 Å². The summed E-state index contributed by atoms with van der Waals surface area (Å²) in [5.41, 5.74) is -0.935. The molecule has 1 saturated carbocycles. The van der Waals surface area contributed by atoms with Gasteiger partial charge in [-0.2, -0.15) is 0 Å². The van der Waals surface area contributed by atoms with Gasteiger partial charge in [-0.15, -0.1) is 0 Å². The lowest BCUT2D eigenvalue weighted by Gasteiger charge is -2.27. The molecule has 1 fully saturated rings. The lowest BCUT2D eigenvalue weighted by atomic mass is 9.80. The van der Waals surface area contributed by atoms with Crippen molar-refractivity contribution >= 4 is 0 Å². The Morgan fingerprint density at radius 2 is 2.00 bits per heavy atom. The van der Waals surface area contributed by atoms with Crippen LogP contribution < -0.4 is 0 Å². The standard InChI is InChI=1S/C9H17F/c1-9(2,10)7-6-8-4-3-5-8/h8H,3-7H2,1-2H3. The molecular weight excluding hydrogens is 127 g/mol. The summed E-state index contributed by atoms with van der Waals surface area (Å²) >= 11 is 0. The highest BCUT2D eigenvalue weighted by Crippen LogP contribution is 2.32. The van der Waals surface area contributed by atoms with Crippen LogP contribution in [0.25, 0.3) is 0 Å². The van der Waals surface area contributed by atoms with Gasteiger partial charge in [0.25, 0.3) is 0 Å². The smallest absolute Gasteiger partial charge is 0.105 e. The lowest BCUT2D eigenvalue weighted by Crippen LogP contribution is -2.17. The van der Waals surface area contributed by atoms with E-state index < -0.39 is 5.67 Å². The molecule has 0 nitrogen and oxygen atoms in total. The Labute approximate surface area is 62.8 Å². The Bertz CT molecular complexity index is 97.8. The molecule has 0 aromatic heterocycles.